The molecule has 3 aromatic rings. The van der Waals surface area contributed by atoms with Crippen molar-refractivity contribution in [2.24, 2.45) is 0 Å². The number of nitrogens with zero attached hydrogens (tertiary/aromatic N) is 2. The minimum absolute atomic E-state index is 0.0611. The summed E-state index contributed by atoms with van der Waals surface area (Å²) in [5.41, 5.74) is 0.936. The van der Waals surface area contributed by atoms with Crippen LogP contribution in [-0.2, 0) is 9.84 Å². The van der Waals surface area contributed by atoms with Crippen LogP contribution in [0.5, 0.6) is 0 Å². The first-order valence-electron chi connectivity index (χ1n) is 9.42. The van der Waals surface area contributed by atoms with Gasteiger partial charge < -0.3 is 4.42 Å². The van der Waals surface area contributed by atoms with Crippen molar-refractivity contribution in [3.05, 3.63) is 54.1 Å². The van der Waals surface area contributed by atoms with Crippen LogP contribution in [0.4, 0.5) is 6.01 Å². The average molecular weight is 446 g/mol. The average Bonchev–Trinajstić information content (AvgIpc) is 3.16. The fourth-order valence-electron chi connectivity index (χ4n) is 2.62. The van der Waals surface area contributed by atoms with Crippen molar-refractivity contribution in [1.82, 2.24) is 10.2 Å². The number of thioether (sulfide) groups is 1. The molecule has 158 valence electrons. The smallest absolute Gasteiger partial charge is 0.322 e. The summed E-state index contributed by atoms with van der Waals surface area (Å²) < 4.78 is 30.3. The van der Waals surface area contributed by atoms with Crippen LogP contribution in [0, 0.1) is 0 Å². The molecule has 0 aliphatic carbocycles. The first-order valence-corrected chi connectivity index (χ1v) is 11.9. The first-order chi connectivity index (χ1) is 14.2. The zero-order valence-corrected chi connectivity index (χ0v) is 18.8. The Morgan fingerprint density at radius 1 is 1.03 bits per heavy atom. The van der Waals surface area contributed by atoms with Gasteiger partial charge in [-0.3, -0.25) is 10.1 Å². The number of hydrogen-bond acceptors (Lipinski definition) is 7. The van der Waals surface area contributed by atoms with Crippen molar-refractivity contribution in [1.29, 1.82) is 0 Å². The molecule has 0 unspecified atom stereocenters. The maximum absolute atomic E-state index is 12.5. The number of hydrogen-bond donors (Lipinski definition) is 1. The number of amides is 1. The van der Waals surface area contributed by atoms with Crippen LogP contribution < -0.4 is 5.32 Å². The van der Waals surface area contributed by atoms with E-state index in [4.69, 9.17) is 4.42 Å². The fraction of sp³-hybridized carbons (Fsp3) is 0.286. The van der Waals surface area contributed by atoms with Gasteiger partial charge in [0.1, 0.15) is 0 Å². The molecule has 9 heteroatoms. The van der Waals surface area contributed by atoms with E-state index in [-0.39, 0.29) is 22.4 Å². The van der Waals surface area contributed by atoms with Gasteiger partial charge in [-0.25, -0.2) is 8.42 Å². The highest BCUT2D eigenvalue weighted by molar-refractivity contribution is 7.99. The SMILES string of the molecule is CC(C)Sc1cccc(-c2nnc(NC(=O)c3cccc(S(=O)(=O)C(C)C)c3)o2)c1. The Hall–Kier alpha value is -2.65. The summed E-state index contributed by atoms with van der Waals surface area (Å²) >= 11 is 1.72. The summed E-state index contributed by atoms with van der Waals surface area (Å²) in [5, 5.41) is 10.2. The van der Waals surface area contributed by atoms with Gasteiger partial charge in [0.15, 0.2) is 9.84 Å². The predicted octanol–water partition coefficient (Wildman–Crippen LogP) is 4.67. The molecule has 7 nitrogen and oxygen atoms in total. The molecule has 30 heavy (non-hydrogen) atoms. The Kier molecular flexibility index (Phi) is 6.62. The number of carbonyl (C=O) groups excluding carboxylic acids is 1. The van der Waals surface area contributed by atoms with Gasteiger partial charge in [-0.1, -0.05) is 31.1 Å². The van der Waals surface area contributed by atoms with Crippen LogP contribution in [-0.4, -0.2) is 35.0 Å². The zero-order chi connectivity index (χ0) is 21.9. The molecule has 0 spiro atoms. The van der Waals surface area contributed by atoms with E-state index < -0.39 is 21.0 Å². The molecule has 1 N–H and O–H groups in total. The van der Waals surface area contributed by atoms with Gasteiger partial charge in [-0.05, 0) is 50.2 Å². The van der Waals surface area contributed by atoms with Crippen LogP contribution in [0.25, 0.3) is 11.5 Å². The Morgan fingerprint density at radius 2 is 1.77 bits per heavy atom. The summed E-state index contributed by atoms with van der Waals surface area (Å²) in [6, 6.07) is 13.5. The summed E-state index contributed by atoms with van der Waals surface area (Å²) in [6.07, 6.45) is 0. The van der Waals surface area contributed by atoms with Crippen molar-refractivity contribution >= 4 is 33.5 Å². The predicted molar refractivity (Wildman–Crippen MR) is 117 cm³/mol. The lowest BCUT2D eigenvalue weighted by molar-refractivity contribution is 0.102. The van der Waals surface area contributed by atoms with Crippen molar-refractivity contribution in [3.8, 4) is 11.5 Å². The fourth-order valence-corrected chi connectivity index (χ4v) is 4.62. The highest BCUT2D eigenvalue weighted by Gasteiger charge is 2.21. The molecular formula is C21H23N3O4S2. The lowest BCUT2D eigenvalue weighted by atomic mass is 10.2. The zero-order valence-electron chi connectivity index (χ0n) is 17.1. The largest absolute Gasteiger partial charge is 0.403 e. The summed E-state index contributed by atoms with van der Waals surface area (Å²) in [5.74, 6) is -0.247. The third-order valence-corrected chi connectivity index (χ3v) is 7.29. The number of nitrogens with one attached hydrogen (secondary N) is 1. The van der Waals surface area contributed by atoms with Crippen LogP contribution >= 0.6 is 11.8 Å². The van der Waals surface area contributed by atoms with Crippen molar-refractivity contribution < 1.29 is 17.6 Å². The first kappa shape index (κ1) is 22.0. The number of aromatic nitrogens is 2. The van der Waals surface area contributed by atoms with Gasteiger partial charge in [0.25, 0.3) is 5.91 Å². The quantitative estimate of drug-likeness (QED) is 0.527. The second-order valence-corrected chi connectivity index (χ2v) is 11.3. The van der Waals surface area contributed by atoms with E-state index in [2.05, 4.69) is 29.4 Å². The normalized spacial score (nSPS) is 11.8. The molecule has 1 amide bonds. The monoisotopic (exact) mass is 445 g/mol. The molecule has 0 radical (unpaired) electrons. The Labute approximate surface area is 180 Å². The molecule has 0 bridgehead atoms. The summed E-state index contributed by atoms with van der Waals surface area (Å²) in [6.45, 7) is 7.41. The van der Waals surface area contributed by atoms with E-state index in [0.29, 0.717) is 5.25 Å². The second kappa shape index (κ2) is 9.01. The van der Waals surface area contributed by atoms with E-state index in [1.807, 2.05) is 24.3 Å². The minimum Gasteiger partial charge on any atom is -0.403 e. The Balaban J connectivity index is 1.78. The summed E-state index contributed by atoms with van der Waals surface area (Å²) in [4.78, 5) is 13.7. The molecule has 0 aliphatic heterocycles. The number of benzene rings is 2. The van der Waals surface area contributed by atoms with E-state index in [9.17, 15) is 13.2 Å². The molecule has 0 atom stereocenters. The molecule has 2 aromatic carbocycles. The maximum atomic E-state index is 12.5. The van der Waals surface area contributed by atoms with E-state index in [1.54, 1.807) is 25.6 Å². The maximum Gasteiger partial charge on any atom is 0.322 e. The molecule has 3 rings (SSSR count). The molecule has 0 saturated heterocycles. The highest BCUT2D eigenvalue weighted by Crippen LogP contribution is 2.28. The standard InChI is InChI=1S/C21H23N3O4S2/c1-13(2)29-17-9-5-8-16(11-17)20-23-24-21(28-20)22-19(25)15-7-6-10-18(12-15)30(26,27)14(3)4/h5-14H,1-4H3,(H,22,24,25). The lowest BCUT2D eigenvalue weighted by Gasteiger charge is -2.09. The molecule has 1 heterocycles. The van der Waals surface area contributed by atoms with E-state index in [1.165, 1.54) is 24.3 Å². The molecule has 0 saturated carbocycles. The number of sulfone groups is 1. The third-order valence-electron chi connectivity index (χ3n) is 4.14. The Morgan fingerprint density at radius 3 is 2.47 bits per heavy atom. The lowest BCUT2D eigenvalue weighted by Crippen LogP contribution is -2.16. The van der Waals surface area contributed by atoms with Gasteiger partial charge in [-0.15, -0.1) is 16.9 Å². The van der Waals surface area contributed by atoms with Gasteiger partial charge >= 0.3 is 6.01 Å². The van der Waals surface area contributed by atoms with Crippen LogP contribution in [0.15, 0.2) is 62.7 Å². The van der Waals surface area contributed by atoms with Gasteiger partial charge in [0, 0.05) is 21.3 Å². The van der Waals surface area contributed by atoms with Crippen molar-refractivity contribution in [2.45, 2.75) is 48.0 Å². The van der Waals surface area contributed by atoms with Crippen LogP contribution in [0.3, 0.4) is 0 Å². The van der Waals surface area contributed by atoms with E-state index in [0.717, 1.165) is 10.5 Å². The Bertz CT molecular complexity index is 1150. The third kappa shape index (κ3) is 5.09. The summed E-state index contributed by atoms with van der Waals surface area (Å²) in [7, 11) is -3.48. The highest BCUT2D eigenvalue weighted by atomic mass is 32.2. The van der Waals surface area contributed by atoms with Gasteiger partial charge in [0.2, 0.25) is 5.89 Å². The van der Waals surface area contributed by atoms with Crippen LogP contribution in [0.2, 0.25) is 0 Å². The van der Waals surface area contributed by atoms with Crippen LogP contribution in [0.1, 0.15) is 38.1 Å². The molecule has 0 fully saturated rings. The number of carbonyl (C=O) groups is 1. The minimum atomic E-state index is -3.48. The molecule has 1 aromatic heterocycles. The number of rotatable bonds is 7. The van der Waals surface area contributed by atoms with Crippen molar-refractivity contribution in [2.75, 3.05) is 5.32 Å². The van der Waals surface area contributed by atoms with Crippen molar-refractivity contribution in [3.63, 3.8) is 0 Å². The topological polar surface area (TPSA) is 102 Å². The molecule has 0 aliphatic rings. The van der Waals surface area contributed by atoms with Gasteiger partial charge in [0.05, 0.1) is 10.1 Å². The number of anilines is 1. The molecular weight excluding hydrogens is 422 g/mol. The van der Waals surface area contributed by atoms with Gasteiger partial charge in [-0.2, -0.15) is 0 Å². The van der Waals surface area contributed by atoms with E-state index >= 15 is 0 Å². The second-order valence-electron chi connectivity index (χ2n) is 7.18.